The molecule has 7 heteroatoms. The van der Waals surface area contributed by atoms with E-state index in [4.69, 9.17) is 4.74 Å². The molecule has 25 heavy (non-hydrogen) atoms. The minimum Gasteiger partial charge on any atom is -0.466 e. The Kier molecular flexibility index (Phi) is 6.52. The summed E-state index contributed by atoms with van der Waals surface area (Å²) in [5.41, 5.74) is 4.92. The van der Waals surface area contributed by atoms with E-state index in [2.05, 4.69) is 5.43 Å². The number of hydrogen-bond acceptors (Lipinski definition) is 5. The Morgan fingerprint density at radius 1 is 1.32 bits per heavy atom. The molecule has 1 aromatic rings. The molecule has 0 spiro atoms. The Morgan fingerprint density at radius 2 is 2.08 bits per heavy atom. The molecule has 7 nitrogen and oxygen atoms in total. The molecular weight excluding hydrogens is 322 g/mol. The van der Waals surface area contributed by atoms with Crippen molar-refractivity contribution in [3.8, 4) is 0 Å². The molecule has 0 atom stereocenters. The van der Waals surface area contributed by atoms with Gasteiger partial charge in [0.05, 0.1) is 13.0 Å². The summed E-state index contributed by atoms with van der Waals surface area (Å²) in [5.74, 6) is -0.635. The average molecular weight is 347 g/mol. The zero-order chi connectivity index (χ0) is 18.4. The van der Waals surface area contributed by atoms with E-state index in [1.807, 2.05) is 19.9 Å². The fraction of sp³-hybridized carbons (Fsp3) is 0.500. The highest BCUT2D eigenvalue weighted by molar-refractivity contribution is 5.98. The van der Waals surface area contributed by atoms with Gasteiger partial charge in [-0.3, -0.25) is 19.4 Å². The predicted octanol–water partition coefficient (Wildman–Crippen LogP) is 1.37. The highest BCUT2D eigenvalue weighted by Gasteiger charge is 2.27. The zero-order valence-electron chi connectivity index (χ0n) is 15.0. The van der Waals surface area contributed by atoms with Crippen LogP contribution in [0.2, 0.25) is 0 Å². The summed E-state index contributed by atoms with van der Waals surface area (Å²) in [6.07, 6.45) is 2.40. The smallest absolute Gasteiger partial charge is 0.310 e. The quantitative estimate of drug-likeness (QED) is 0.754. The Hall–Kier alpha value is -2.41. The van der Waals surface area contributed by atoms with Crippen LogP contribution in [0.4, 0.5) is 0 Å². The van der Waals surface area contributed by atoms with Crippen LogP contribution in [0, 0.1) is 0 Å². The summed E-state index contributed by atoms with van der Waals surface area (Å²) < 4.78 is 6.56. The van der Waals surface area contributed by atoms with Gasteiger partial charge in [-0.1, -0.05) is 11.6 Å². The molecule has 0 aromatic carbocycles. The van der Waals surface area contributed by atoms with E-state index in [1.165, 1.54) is 5.01 Å². The van der Waals surface area contributed by atoms with Crippen molar-refractivity contribution < 1.29 is 14.3 Å². The van der Waals surface area contributed by atoms with Gasteiger partial charge < -0.3 is 9.30 Å². The highest BCUT2D eigenvalue weighted by Crippen LogP contribution is 2.21. The predicted molar refractivity (Wildman–Crippen MR) is 93.5 cm³/mol. The number of hydrazine groups is 1. The molecule has 2 rings (SSSR count). The number of esters is 1. The van der Waals surface area contributed by atoms with Crippen molar-refractivity contribution in [3.63, 3.8) is 0 Å². The van der Waals surface area contributed by atoms with Gasteiger partial charge in [0.15, 0.2) is 0 Å². The third kappa shape index (κ3) is 4.57. The van der Waals surface area contributed by atoms with Crippen molar-refractivity contribution in [2.75, 3.05) is 13.2 Å². The number of aryl methyl sites for hydroxylation is 1. The van der Waals surface area contributed by atoms with E-state index in [9.17, 15) is 14.4 Å². The SMILES string of the molecule is CCOC(=O)CC1=C(C)CCN(NCc2cccn(CC)c2=O)C1=O. The fourth-order valence-corrected chi connectivity index (χ4v) is 2.76. The number of nitrogens with zero attached hydrogens (tertiary/aromatic N) is 2. The first-order chi connectivity index (χ1) is 12.0. The third-order valence-electron chi connectivity index (χ3n) is 4.26. The van der Waals surface area contributed by atoms with Crippen LogP contribution >= 0.6 is 0 Å². The highest BCUT2D eigenvalue weighted by atomic mass is 16.5. The molecule has 1 aromatic heterocycles. The largest absolute Gasteiger partial charge is 0.466 e. The fourth-order valence-electron chi connectivity index (χ4n) is 2.76. The van der Waals surface area contributed by atoms with Crippen molar-refractivity contribution in [2.24, 2.45) is 0 Å². The molecule has 136 valence electrons. The molecule has 1 amide bonds. The van der Waals surface area contributed by atoms with Crippen molar-refractivity contribution in [3.05, 3.63) is 45.4 Å². The number of aromatic nitrogens is 1. The first kappa shape index (κ1) is 18.9. The van der Waals surface area contributed by atoms with Crippen LogP contribution in [0.1, 0.15) is 39.2 Å². The van der Waals surface area contributed by atoms with Gasteiger partial charge in [-0.15, -0.1) is 0 Å². The van der Waals surface area contributed by atoms with Gasteiger partial charge in [-0.05, 0) is 33.3 Å². The number of pyridine rings is 1. The van der Waals surface area contributed by atoms with Crippen LogP contribution in [-0.2, 0) is 27.4 Å². The minimum absolute atomic E-state index is 0.0232. The monoisotopic (exact) mass is 347 g/mol. The van der Waals surface area contributed by atoms with Gasteiger partial charge in [0.25, 0.3) is 11.5 Å². The van der Waals surface area contributed by atoms with Crippen LogP contribution < -0.4 is 11.0 Å². The van der Waals surface area contributed by atoms with E-state index in [1.54, 1.807) is 23.8 Å². The Bertz CT molecular complexity index is 736. The number of carbonyl (C=O) groups excluding carboxylic acids is 2. The summed E-state index contributed by atoms with van der Waals surface area (Å²) in [7, 11) is 0. The van der Waals surface area contributed by atoms with E-state index in [-0.39, 0.29) is 24.4 Å². The average Bonchev–Trinajstić information content (AvgIpc) is 2.59. The summed E-state index contributed by atoms with van der Waals surface area (Å²) >= 11 is 0. The van der Waals surface area contributed by atoms with Gasteiger partial charge in [0.2, 0.25) is 0 Å². The Balaban J connectivity index is 2.06. The summed E-state index contributed by atoms with van der Waals surface area (Å²) in [6, 6.07) is 3.56. The topological polar surface area (TPSA) is 80.6 Å². The second-order valence-corrected chi connectivity index (χ2v) is 5.91. The molecule has 0 unspecified atom stereocenters. The molecule has 0 saturated carbocycles. The molecule has 0 saturated heterocycles. The van der Waals surface area contributed by atoms with Crippen molar-refractivity contribution in [1.29, 1.82) is 0 Å². The van der Waals surface area contributed by atoms with Gasteiger partial charge >= 0.3 is 5.97 Å². The Labute approximate surface area is 147 Å². The number of carbonyl (C=O) groups is 2. The van der Waals surface area contributed by atoms with Crippen LogP contribution in [0.25, 0.3) is 0 Å². The third-order valence-corrected chi connectivity index (χ3v) is 4.26. The van der Waals surface area contributed by atoms with Crippen LogP contribution in [0.5, 0.6) is 0 Å². The lowest BCUT2D eigenvalue weighted by atomic mass is 9.99. The van der Waals surface area contributed by atoms with E-state index in [0.29, 0.717) is 37.3 Å². The summed E-state index contributed by atoms with van der Waals surface area (Å²) in [4.78, 5) is 36.6. The maximum Gasteiger partial charge on any atom is 0.310 e. The first-order valence-corrected chi connectivity index (χ1v) is 8.55. The maximum absolute atomic E-state index is 12.6. The number of rotatable bonds is 7. The molecule has 0 radical (unpaired) electrons. The standard InChI is InChI=1S/C18H25N3O4/c1-4-20-9-6-7-14(17(20)23)12-19-21-10-8-13(3)15(18(21)24)11-16(22)25-5-2/h6-7,9,19H,4-5,8,10-12H2,1-3H3. The lowest BCUT2D eigenvalue weighted by molar-refractivity contribution is -0.144. The summed E-state index contributed by atoms with van der Waals surface area (Å²) in [6.45, 7) is 7.16. The van der Waals surface area contributed by atoms with Gasteiger partial charge in [-0.25, -0.2) is 5.43 Å². The second kappa shape index (κ2) is 8.62. The number of nitrogens with one attached hydrogen (secondary N) is 1. The van der Waals surface area contributed by atoms with Gasteiger partial charge in [-0.2, -0.15) is 0 Å². The van der Waals surface area contributed by atoms with Gasteiger partial charge in [0.1, 0.15) is 0 Å². The van der Waals surface area contributed by atoms with E-state index >= 15 is 0 Å². The van der Waals surface area contributed by atoms with Crippen molar-refractivity contribution in [2.45, 2.75) is 46.7 Å². The summed E-state index contributed by atoms with van der Waals surface area (Å²) in [5, 5.41) is 1.48. The normalized spacial score (nSPS) is 14.8. The maximum atomic E-state index is 12.6. The molecular formula is C18H25N3O4. The zero-order valence-corrected chi connectivity index (χ0v) is 15.0. The molecule has 0 bridgehead atoms. The van der Waals surface area contributed by atoms with Crippen molar-refractivity contribution in [1.82, 2.24) is 15.0 Å². The molecule has 1 aliphatic rings. The number of ether oxygens (including phenoxy) is 1. The van der Waals surface area contributed by atoms with Crippen LogP contribution in [-0.4, -0.2) is 34.6 Å². The molecule has 0 aliphatic carbocycles. The first-order valence-electron chi connectivity index (χ1n) is 8.55. The minimum atomic E-state index is -0.402. The van der Waals surface area contributed by atoms with Crippen LogP contribution in [0.15, 0.2) is 34.3 Å². The lowest BCUT2D eigenvalue weighted by Crippen LogP contribution is -2.47. The van der Waals surface area contributed by atoms with Crippen molar-refractivity contribution >= 4 is 11.9 Å². The van der Waals surface area contributed by atoms with Gasteiger partial charge in [0, 0.05) is 37.0 Å². The molecule has 1 N–H and O–H groups in total. The molecule has 2 heterocycles. The van der Waals surface area contributed by atoms with Crippen LogP contribution in [0.3, 0.4) is 0 Å². The number of hydrogen-bond donors (Lipinski definition) is 1. The van der Waals surface area contributed by atoms with E-state index < -0.39 is 5.97 Å². The second-order valence-electron chi connectivity index (χ2n) is 5.91. The molecule has 1 aliphatic heterocycles. The van der Waals surface area contributed by atoms with E-state index in [0.717, 1.165) is 5.57 Å². The Morgan fingerprint density at radius 3 is 2.76 bits per heavy atom. The number of amides is 1. The molecule has 0 fully saturated rings. The lowest BCUT2D eigenvalue weighted by Gasteiger charge is -2.29.